The first-order valence-electron chi connectivity index (χ1n) is 8.64. The Balaban J connectivity index is 1.87. The summed E-state index contributed by atoms with van der Waals surface area (Å²) in [6.07, 6.45) is 3.99. The molecule has 0 saturated heterocycles. The van der Waals surface area contributed by atoms with Gasteiger partial charge in [-0.15, -0.1) is 0 Å². The molecule has 0 N–H and O–H groups in total. The normalized spacial score (nSPS) is 11.7. The lowest BCUT2D eigenvalue weighted by molar-refractivity contribution is 0.125. The molecule has 2 rings (SSSR count). The largest absolute Gasteiger partial charge is 0.394 e. The highest BCUT2D eigenvalue weighted by atomic mass is 16.6. The Hall–Kier alpha value is -2.13. The molecular formula is C21H28N2O. The van der Waals surface area contributed by atoms with E-state index in [4.69, 9.17) is 4.84 Å². The van der Waals surface area contributed by atoms with E-state index in [9.17, 15) is 0 Å². The van der Waals surface area contributed by atoms with Crippen molar-refractivity contribution < 1.29 is 4.84 Å². The monoisotopic (exact) mass is 324 g/mol. The predicted molar refractivity (Wildman–Crippen MR) is 101 cm³/mol. The second kappa shape index (κ2) is 10.6. The van der Waals surface area contributed by atoms with E-state index in [1.54, 1.807) is 0 Å². The van der Waals surface area contributed by atoms with Crippen molar-refractivity contribution in [1.29, 1.82) is 0 Å². The van der Waals surface area contributed by atoms with Gasteiger partial charge in [-0.3, -0.25) is 0 Å². The molecule has 0 amide bonds. The Morgan fingerprint density at radius 3 is 2.17 bits per heavy atom. The number of hydrogen-bond acceptors (Lipinski definition) is 3. The summed E-state index contributed by atoms with van der Waals surface area (Å²) in [6, 6.07) is 21.1. The Labute approximate surface area is 145 Å². The molecule has 128 valence electrons. The molecule has 0 aliphatic heterocycles. The Morgan fingerprint density at radius 2 is 1.54 bits per heavy atom. The van der Waals surface area contributed by atoms with Crippen LogP contribution in [0.5, 0.6) is 0 Å². The molecule has 3 heteroatoms. The highest BCUT2D eigenvalue weighted by molar-refractivity contribution is 5.86. The third kappa shape index (κ3) is 7.42. The molecular weight excluding hydrogens is 296 g/mol. The maximum Gasteiger partial charge on any atom is 0.129 e. The van der Waals surface area contributed by atoms with Crippen LogP contribution in [-0.2, 0) is 17.7 Å². The average Bonchev–Trinajstić information content (AvgIpc) is 2.60. The molecule has 0 bridgehead atoms. The van der Waals surface area contributed by atoms with Crippen LogP contribution in [0.25, 0.3) is 0 Å². The highest BCUT2D eigenvalue weighted by Crippen LogP contribution is 2.09. The molecule has 0 spiro atoms. The number of hydrogen-bond donors (Lipinski definition) is 0. The fourth-order valence-electron chi connectivity index (χ4n) is 2.50. The average molecular weight is 324 g/mol. The lowest BCUT2D eigenvalue weighted by Gasteiger charge is -2.10. The quantitative estimate of drug-likeness (QED) is 0.372. The van der Waals surface area contributed by atoms with E-state index in [1.807, 2.05) is 20.2 Å². The summed E-state index contributed by atoms with van der Waals surface area (Å²) < 4.78 is 0. The zero-order valence-electron chi connectivity index (χ0n) is 14.8. The summed E-state index contributed by atoms with van der Waals surface area (Å²) in [7, 11) is 4.08. The lowest BCUT2D eigenvalue weighted by Crippen LogP contribution is -2.17. The van der Waals surface area contributed by atoms with Gasteiger partial charge in [-0.05, 0) is 44.5 Å². The van der Waals surface area contributed by atoms with Crippen molar-refractivity contribution in [2.24, 2.45) is 5.16 Å². The van der Waals surface area contributed by atoms with Crippen molar-refractivity contribution in [1.82, 2.24) is 4.90 Å². The zero-order valence-corrected chi connectivity index (χ0v) is 14.8. The Bertz CT molecular complexity index is 594. The molecule has 2 aromatic rings. The number of oxime groups is 1. The summed E-state index contributed by atoms with van der Waals surface area (Å²) in [5.74, 6) is 0. The van der Waals surface area contributed by atoms with Gasteiger partial charge in [0.2, 0.25) is 0 Å². The topological polar surface area (TPSA) is 24.8 Å². The number of nitrogens with zero attached hydrogens (tertiary/aromatic N) is 2. The molecule has 0 aliphatic rings. The summed E-state index contributed by atoms with van der Waals surface area (Å²) in [6.45, 7) is 1.51. The van der Waals surface area contributed by atoms with Crippen molar-refractivity contribution >= 4 is 5.71 Å². The number of aryl methyl sites for hydroxylation is 1. The van der Waals surface area contributed by atoms with E-state index in [0.717, 1.165) is 37.9 Å². The van der Waals surface area contributed by atoms with E-state index in [-0.39, 0.29) is 0 Å². The van der Waals surface area contributed by atoms with E-state index in [0.29, 0.717) is 6.61 Å². The fourth-order valence-corrected chi connectivity index (χ4v) is 2.50. The van der Waals surface area contributed by atoms with Crippen molar-refractivity contribution in [3.8, 4) is 0 Å². The van der Waals surface area contributed by atoms with E-state index in [1.165, 1.54) is 11.1 Å². The summed E-state index contributed by atoms with van der Waals surface area (Å²) in [4.78, 5) is 7.63. The number of rotatable bonds is 10. The molecule has 2 aromatic carbocycles. The zero-order chi connectivity index (χ0) is 17.0. The van der Waals surface area contributed by atoms with Gasteiger partial charge in [0.25, 0.3) is 0 Å². The van der Waals surface area contributed by atoms with Crippen LogP contribution in [0.3, 0.4) is 0 Å². The van der Waals surface area contributed by atoms with Gasteiger partial charge in [0.05, 0.1) is 5.71 Å². The summed E-state index contributed by atoms with van der Waals surface area (Å²) >= 11 is 0. The van der Waals surface area contributed by atoms with Gasteiger partial charge < -0.3 is 9.74 Å². The first kappa shape index (κ1) is 18.2. The lowest BCUT2D eigenvalue weighted by atomic mass is 10.0. The molecule has 0 atom stereocenters. The fraction of sp³-hybridized carbons (Fsp3) is 0.381. The maximum atomic E-state index is 5.53. The Morgan fingerprint density at radius 1 is 0.917 bits per heavy atom. The third-order valence-electron chi connectivity index (χ3n) is 3.85. The van der Waals surface area contributed by atoms with E-state index in [2.05, 4.69) is 64.7 Å². The molecule has 0 fully saturated rings. The van der Waals surface area contributed by atoms with Gasteiger partial charge in [-0.2, -0.15) is 0 Å². The maximum absolute atomic E-state index is 5.53. The van der Waals surface area contributed by atoms with Crippen LogP contribution >= 0.6 is 0 Å². The predicted octanol–water partition coefficient (Wildman–Crippen LogP) is 4.19. The van der Waals surface area contributed by atoms with Crippen LogP contribution in [0.2, 0.25) is 0 Å². The van der Waals surface area contributed by atoms with Crippen molar-refractivity contribution in [2.45, 2.75) is 25.7 Å². The third-order valence-corrected chi connectivity index (χ3v) is 3.85. The Kier molecular flexibility index (Phi) is 8.05. The first-order chi connectivity index (χ1) is 11.7. The molecule has 24 heavy (non-hydrogen) atoms. The van der Waals surface area contributed by atoms with Crippen LogP contribution in [0.1, 0.15) is 24.0 Å². The van der Waals surface area contributed by atoms with Crippen LogP contribution < -0.4 is 0 Å². The van der Waals surface area contributed by atoms with Crippen LogP contribution in [0, 0.1) is 0 Å². The van der Waals surface area contributed by atoms with Crippen LogP contribution in [0.4, 0.5) is 0 Å². The van der Waals surface area contributed by atoms with Gasteiger partial charge in [-0.25, -0.2) is 0 Å². The SMILES string of the molecule is CN(C)CCO/N=C(\CCCc1ccccc1)Cc1ccccc1. The standard InChI is InChI=1S/C21H28N2O/c1-23(2)16-17-24-22-21(18-20-12-7-4-8-13-20)15-9-14-19-10-5-3-6-11-19/h3-8,10-13H,9,14-18H2,1-2H3/b22-21+. The van der Waals surface area contributed by atoms with Gasteiger partial charge >= 0.3 is 0 Å². The molecule has 0 aromatic heterocycles. The molecule has 0 radical (unpaired) electrons. The minimum atomic E-state index is 0.629. The highest BCUT2D eigenvalue weighted by Gasteiger charge is 2.04. The molecule has 3 nitrogen and oxygen atoms in total. The van der Waals surface area contributed by atoms with Crippen molar-refractivity contribution in [2.75, 3.05) is 27.2 Å². The molecule has 0 heterocycles. The molecule has 0 unspecified atom stereocenters. The summed E-state index contributed by atoms with van der Waals surface area (Å²) in [5, 5.41) is 4.41. The molecule has 0 aliphatic carbocycles. The number of likely N-dealkylation sites (N-methyl/N-ethyl adjacent to an activating group) is 1. The van der Waals surface area contributed by atoms with E-state index >= 15 is 0 Å². The second-order valence-corrected chi connectivity index (χ2v) is 6.30. The minimum Gasteiger partial charge on any atom is -0.394 e. The van der Waals surface area contributed by atoms with Gasteiger partial charge in [-0.1, -0.05) is 65.8 Å². The first-order valence-corrected chi connectivity index (χ1v) is 8.64. The van der Waals surface area contributed by atoms with Gasteiger partial charge in [0, 0.05) is 13.0 Å². The number of benzene rings is 2. The molecule has 0 saturated carbocycles. The van der Waals surface area contributed by atoms with Crippen LogP contribution in [0.15, 0.2) is 65.8 Å². The smallest absolute Gasteiger partial charge is 0.129 e. The van der Waals surface area contributed by atoms with Crippen molar-refractivity contribution in [3.05, 3.63) is 71.8 Å². The van der Waals surface area contributed by atoms with Gasteiger partial charge in [0.1, 0.15) is 6.61 Å². The summed E-state index contributed by atoms with van der Waals surface area (Å²) in [5.41, 5.74) is 3.79. The van der Waals surface area contributed by atoms with E-state index < -0.39 is 0 Å². The van der Waals surface area contributed by atoms with Crippen LogP contribution in [-0.4, -0.2) is 37.9 Å². The van der Waals surface area contributed by atoms with Crippen molar-refractivity contribution in [3.63, 3.8) is 0 Å². The minimum absolute atomic E-state index is 0.629. The second-order valence-electron chi connectivity index (χ2n) is 6.30. The van der Waals surface area contributed by atoms with Gasteiger partial charge in [0.15, 0.2) is 0 Å².